The number of nitrogens with two attached hydrogens (primary N) is 1. The summed E-state index contributed by atoms with van der Waals surface area (Å²) in [6, 6.07) is 0. The number of primary amides is 1. The molecule has 0 saturated carbocycles. The van der Waals surface area contributed by atoms with E-state index in [9.17, 15) is 4.79 Å². The molecule has 2 nitrogen and oxygen atoms in total. The summed E-state index contributed by atoms with van der Waals surface area (Å²) >= 11 is 0. The molecule has 0 unspecified atom stereocenters. The number of allylic oxidation sites excluding steroid dienone is 1. The third kappa shape index (κ3) is 9.09. The van der Waals surface area contributed by atoms with Crippen molar-refractivity contribution in [2.45, 2.75) is 13.3 Å². The van der Waals surface area contributed by atoms with Crippen molar-refractivity contribution in [3.8, 4) is 0 Å². The molecular weight excluding hydrogens is 126 g/mol. The van der Waals surface area contributed by atoms with Crippen LogP contribution in [-0.4, -0.2) is 5.91 Å². The van der Waals surface area contributed by atoms with Gasteiger partial charge >= 0.3 is 0 Å². The Balaban J connectivity index is 0. The van der Waals surface area contributed by atoms with Gasteiger partial charge in [0.15, 0.2) is 0 Å². The van der Waals surface area contributed by atoms with E-state index in [-0.39, 0.29) is 18.3 Å². The lowest BCUT2D eigenvalue weighted by Crippen LogP contribution is -2.07. The van der Waals surface area contributed by atoms with E-state index < -0.39 is 0 Å². The quantitative estimate of drug-likeness (QED) is 0.561. The first-order valence-corrected chi connectivity index (χ1v) is 2.17. The van der Waals surface area contributed by atoms with Crippen molar-refractivity contribution in [3.05, 3.63) is 12.2 Å². The van der Waals surface area contributed by atoms with Crippen LogP contribution < -0.4 is 5.73 Å². The van der Waals surface area contributed by atoms with Crippen molar-refractivity contribution in [3.63, 3.8) is 0 Å². The van der Waals surface area contributed by atoms with Crippen molar-refractivity contribution in [2.24, 2.45) is 5.73 Å². The van der Waals surface area contributed by atoms with E-state index in [4.69, 9.17) is 5.73 Å². The largest absolute Gasteiger partial charge is 0.369 e. The molecule has 0 aliphatic heterocycles. The standard InChI is InChI=1S/C5H9NO.ClH/c1-2-3-4-5(6)7;/h2-3H,4H2,1H3,(H2,6,7);1H. The van der Waals surface area contributed by atoms with Gasteiger partial charge in [-0.25, -0.2) is 0 Å². The summed E-state index contributed by atoms with van der Waals surface area (Å²) in [6.45, 7) is 1.85. The van der Waals surface area contributed by atoms with Gasteiger partial charge in [0.05, 0.1) is 0 Å². The zero-order valence-electron chi connectivity index (χ0n) is 4.76. The average molecular weight is 136 g/mol. The summed E-state index contributed by atoms with van der Waals surface area (Å²) < 4.78 is 0. The predicted octanol–water partition coefficient (Wildman–Crippen LogP) is 0.860. The summed E-state index contributed by atoms with van der Waals surface area (Å²) in [5.41, 5.74) is 4.79. The first-order valence-electron chi connectivity index (χ1n) is 2.17. The van der Waals surface area contributed by atoms with Gasteiger partial charge in [-0.15, -0.1) is 12.4 Å². The first-order chi connectivity index (χ1) is 3.27. The lowest BCUT2D eigenvalue weighted by Gasteiger charge is -1.78. The molecule has 8 heavy (non-hydrogen) atoms. The molecule has 0 spiro atoms. The SMILES string of the molecule is CC=CCC(N)=O.Cl. The van der Waals surface area contributed by atoms with Gasteiger partial charge in [0.1, 0.15) is 0 Å². The highest BCUT2D eigenvalue weighted by molar-refractivity contribution is 5.85. The molecule has 0 atom stereocenters. The molecule has 1 amide bonds. The summed E-state index contributed by atoms with van der Waals surface area (Å²) in [6.07, 6.45) is 3.88. The van der Waals surface area contributed by atoms with Gasteiger partial charge in [-0.2, -0.15) is 0 Å². The van der Waals surface area contributed by atoms with E-state index in [1.807, 2.05) is 6.92 Å². The van der Waals surface area contributed by atoms with Crippen LogP contribution in [-0.2, 0) is 4.79 Å². The maximum Gasteiger partial charge on any atom is 0.221 e. The van der Waals surface area contributed by atoms with Crippen molar-refractivity contribution in [1.29, 1.82) is 0 Å². The Hall–Kier alpha value is -0.500. The van der Waals surface area contributed by atoms with E-state index in [0.29, 0.717) is 6.42 Å². The molecular formula is C5H10ClNO. The maximum atomic E-state index is 9.93. The van der Waals surface area contributed by atoms with Crippen LogP contribution in [0.15, 0.2) is 12.2 Å². The Labute approximate surface area is 55.2 Å². The van der Waals surface area contributed by atoms with Crippen LogP contribution in [0.1, 0.15) is 13.3 Å². The molecule has 0 radical (unpaired) electrons. The summed E-state index contributed by atoms with van der Waals surface area (Å²) in [5, 5.41) is 0. The van der Waals surface area contributed by atoms with Gasteiger partial charge < -0.3 is 5.73 Å². The third-order valence-corrected chi connectivity index (χ3v) is 0.555. The van der Waals surface area contributed by atoms with Gasteiger partial charge in [-0.05, 0) is 6.92 Å². The Kier molecular flexibility index (Phi) is 8.51. The van der Waals surface area contributed by atoms with Crippen LogP contribution in [0.5, 0.6) is 0 Å². The third-order valence-electron chi connectivity index (χ3n) is 0.555. The summed E-state index contributed by atoms with van der Waals surface area (Å²) in [4.78, 5) is 9.93. The molecule has 2 N–H and O–H groups in total. The van der Waals surface area contributed by atoms with E-state index in [0.717, 1.165) is 0 Å². The molecule has 0 aliphatic rings. The van der Waals surface area contributed by atoms with Gasteiger partial charge in [0.25, 0.3) is 0 Å². The number of hydrogen-bond acceptors (Lipinski definition) is 1. The maximum absolute atomic E-state index is 9.93. The fourth-order valence-electron chi connectivity index (χ4n) is 0.234. The molecule has 48 valence electrons. The number of halogens is 1. The van der Waals surface area contributed by atoms with Crippen LogP contribution in [0.4, 0.5) is 0 Å². The highest BCUT2D eigenvalue weighted by Crippen LogP contribution is 1.76. The van der Waals surface area contributed by atoms with Crippen molar-refractivity contribution < 1.29 is 4.79 Å². The molecule has 0 aromatic heterocycles. The van der Waals surface area contributed by atoms with Crippen molar-refractivity contribution in [2.75, 3.05) is 0 Å². The van der Waals surface area contributed by atoms with Crippen molar-refractivity contribution >= 4 is 18.3 Å². The van der Waals surface area contributed by atoms with Gasteiger partial charge in [0, 0.05) is 6.42 Å². The Bertz CT molecular complexity index is 90.4. The first kappa shape index (κ1) is 10.5. The van der Waals surface area contributed by atoms with E-state index in [1.165, 1.54) is 0 Å². The second-order valence-corrected chi connectivity index (χ2v) is 1.24. The number of rotatable bonds is 2. The number of amides is 1. The van der Waals surface area contributed by atoms with Crippen LogP contribution >= 0.6 is 12.4 Å². The van der Waals surface area contributed by atoms with E-state index >= 15 is 0 Å². The molecule has 0 aromatic rings. The number of carbonyl (C=O) groups is 1. The average Bonchev–Trinajstić information content (AvgIpc) is 1.61. The second-order valence-electron chi connectivity index (χ2n) is 1.24. The minimum Gasteiger partial charge on any atom is -0.369 e. The minimum atomic E-state index is -0.280. The van der Waals surface area contributed by atoms with Crippen LogP contribution in [0.3, 0.4) is 0 Å². The topological polar surface area (TPSA) is 43.1 Å². The number of hydrogen-bond donors (Lipinski definition) is 1. The van der Waals surface area contributed by atoms with Gasteiger partial charge in [-0.3, -0.25) is 4.79 Å². The van der Waals surface area contributed by atoms with Gasteiger partial charge in [0.2, 0.25) is 5.91 Å². The van der Waals surface area contributed by atoms with Crippen LogP contribution in [0, 0.1) is 0 Å². The molecule has 0 fully saturated rings. The van der Waals surface area contributed by atoms with Gasteiger partial charge in [-0.1, -0.05) is 12.2 Å². The van der Waals surface area contributed by atoms with E-state index in [2.05, 4.69) is 0 Å². The zero-order chi connectivity index (χ0) is 5.70. The minimum absolute atomic E-state index is 0. The van der Waals surface area contributed by atoms with Crippen molar-refractivity contribution in [1.82, 2.24) is 0 Å². The van der Waals surface area contributed by atoms with E-state index in [1.54, 1.807) is 12.2 Å². The Morgan fingerprint density at radius 3 is 2.38 bits per heavy atom. The molecule has 0 aromatic carbocycles. The molecule has 0 aliphatic carbocycles. The summed E-state index contributed by atoms with van der Waals surface area (Å²) in [5.74, 6) is -0.280. The molecule has 0 saturated heterocycles. The zero-order valence-corrected chi connectivity index (χ0v) is 5.57. The summed E-state index contributed by atoms with van der Waals surface area (Å²) in [7, 11) is 0. The fraction of sp³-hybridized carbons (Fsp3) is 0.400. The highest BCUT2D eigenvalue weighted by atomic mass is 35.5. The Morgan fingerprint density at radius 2 is 2.25 bits per heavy atom. The molecule has 0 bridgehead atoms. The number of carbonyl (C=O) groups excluding carboxylic acids is 1. The van der Waals surface area contributed by atoms with Crippen LogP contribution in [0.25, 0.3) is 0 Å². The van der Waals surface area contributed by atoms with Crippen LogP contribution in [0.2, 0.25) is 0 Å². The highest BCUT2D eigenvalue weighted by Gasteiger charge is 1.82. The lowest BCUT2D eigenvalue weighted by atomic mass is 10.4. The monoisotopic (exact) mass is 135 g/mol. The molecule has 3 heteroatoms. The lowest BCUT2D eigenvalue weighted by molar-refractivity contribution is -0.117. The molecule has 0 rings (SSSR count). The predicted molar refractivity (Wildman–Crippen MR) is 35.9 cm³/mol. The normalized spacial score (nSPS) is 8.62. The molecule has 0 heterocycles. The Morgan fingerprint density at radius 1 is 1.75 bits per heavy atom. The second kappa shape index (κ2) is 6.50. The smallest absolute Gasteiger partial charge is 0.221 e. The fourth-order valence-corrected chi connectivity index (χ4v) is 0.234.